The normalized spacial score (nSPS) is 16.3. The van der Waals surface area contributed by atoms with Crippen molar-refractivity contribution in [3.8, 4) is 0 Å². The molecule has 3 nitrogen and oxygen atoms in total. The molecule has 0 spiro atoms. The van der Waals surface area contributed by atoms with E-state index in [1.807, 2.05) is 0 Å². The molecule has 1 atom stereocenters. The van der Waals surface area contributed by atoms with Crippen LogP contribution in [0.2, 0.25) is 0 Å². The molecule has 3 rings (SSSR count). The Balaban J connectivity index is 1.87. The van der Waals surface area contributed by atoms with E-state index in [2.05, 4.69) is 10.3 Å². The lowest BCUT2D eigenvalue weighted by molar-refractivity contribution is -0.140. The zero-order chi connectivity index (χ0) is 19.4. The minimum atomic E-state index is -4.76. The van der Waals surface area contributed by atoms with Crippen molar-refractivity contribution in [1.82, 2.24) is 4.98 Å². The van der Waals surface area contributed by atoms with Crippen molar-refractivity contribution in [3.05, 3.63) is 59.5 Å². The molecule has 2 aromatic rings. The fourth-order valence-electron chi connectivity index (χ4n) is 3.60. The average molecular weight is 380 g/mol. The zero-order valence-electron chi connectivity index (χ0n) is 14.6. The first-order valence-electron chi connectivity index (χ1n) is 8.93. The largest absolute Gasteiger partial charge is 0.419 e. The summed E-state index contributed by atoms with van der Waals surface area (Å²) in [7, 11) is 0. The summed E-state index contributed by atoms with van der Waals surface area (Å²) in [6, 6.07) is 7.78. The highest BCUT2D eigenvalue weighted by molar-refractivity contribution is 5.95. The Kier molecular flexibility index (Phi) is 5.77. The summed E-state index contributed by atoms with van der Waals surface area (Å²) in [6.07, 6.45) is 1.32. The maximum atomic E-state index is 14.0. The summed E-state index contributed by atoms with van der Waals surface area (Å²) >= 11 is 0. The Bertz CT molecular complexity index is 786. The first-order chi connectivity index (χ1) is 12.8. The van der Waals surface area contributed by atoms with Crippen LogP contribution in [0.3, 0.4) is 0 Å². The van der Waals surface area contributed by atoms with Gasteiger partial charge in [0.05, 0.1) is 11.5 Å². The van der Waals surface area contributed by atoms with E-state index in [-0.39, 0.29) is 11.5 Å². The predicted octanol–water partition coefficient (Wildman–Crippen LogP) is 5.54. The van der Waals surface area contributed by atoms with E-state index in [9.17, 15) is 22.4 Å². The molecule has 144 valence electrons. The lowest BCUT2D eigenvalue weighted by atomic mass is 9.86. The van der Waals surface area contributed by atoms with Gasteiger partial charge in [0.1, 0.15) is 11.6 Å². The van der Waals surface area contributed by atoms with E-state index in [4.69, 9.17) is 0 Å². The molecule has 7 heteroatoms. The summed E-state index contributed by atoms with van der Waals surface area (Å²) < 4.78 is 52.5. The molecule has 0 bridgehead atoms. The number of hydrogen-bond acceptors (Lipinski definition) is 2. The third-order valence-corrected chi connectivity index (χ3v) is 4.98. The minimum absolute atomic E-state index is 0.251. The molecule has 1 aliphatic carbocycles. The van der Waals surface area contributed by atoms with Gasteiger partial charge in [-0.05, 0) is 42.2 Å². The van der Waals surface area contributed by atoms with Crippen LogP contribution in [-0.2, 0) is 11.0 Å². The number of carbonyl (C=O) groups is 1. The fourth-order valence-corrected chi connectivity index (χ4v) is 3.60. The van der Waals surface area contributed by atoms with E-state index in [0.29, 0.717) is 24.2 Å². The maximum Gasteiger partial charge on any atom is 0.419 e. The van der Waals surface area contributed by atoms with Gasteiger partial charge in [-0.25, -0.2) is 9.37 Å². The topological polar surface area (TPSA) is 42.0 Å². The van der Waals surface area contributed by atoms with Crippen LogP contribution in [0.5, 0.6) is 0 Å². The van der Waals surface area contributed by atoms with Crippen molar-refractivity contribution in [1.29, 1.82) is 0 Å². The van der Waals surface area contributed by atoms with Crippen LogP contribution >= 0.6 is 0 Å². The first kappa shape index (κ1) is 19.3. The van der Waals surface area contributed by atoms with Gasteiger partial charge in [-0.1, -0.05) is 37.8 Å². The number of hydrogen-bond donors (Lipinski definition) is 1. The summed E-state index contributed by atoms with van der Waals surface area (Å²) in [4.78, 5) is 16.8. The zero-order valence-corrected chi connectivity index (χ0v) is 14.6. The van der Waals surface area contributed by atoms with Gasteiger partial charge in [0.25, 0.3) is 0 Å². The van der Waals surface area contributed by atoms with E-state index in [1.54, 1.807) is 18.2 Å². The number of aromatic nitrogens is 1. The van der Waals surface area contributed by atoms with E-state index in [1.165, 1.54) is 12.3 Å². The number of anilines is 1. The Hall–Kier alpha value is -2.44. The molecule has 1 aromatic heterocycles. The molecule has 27 heavy (non-hydrogen) atoms. The van der Waals surface area contributed by atoms with Crippen molar-refractivity contribution in [2.75, 3.05) is 5.32 Å². The standard InChI is InChI=1S/C20H20F4N2O/c21-17-12-14(8-9-16(17)20(22,23)24)15(11-13-5-1-2-6-13)19(27)26-18-7-3-4-10-25-18/h3-4,7-10,12-13,15H,1-2,5-6,11H2,(H,25,26,27). The SMILES string of the molecule is O=C(Nc1ccccn1)C(CC1CCCC1)c1ccc(C(F)(F)F)c(F)c1. The van der Waals surface area contributed by atoms with Crippen LogP contribution in [0.25, 0.3) is 0 Å². The number of benzene rings is 1. The number of nitrogens with zero attached hydrogens (tertiary/aromatic N) is 1. The van der Waals surface area contributed by atoms with Gasteiger partial charge in [0.15, 0.2) is 0 Å². The Labute approximate surface area is 154 Å². The minimum Gasteiger partial charge on any atom is -0.310 e. The molecule has 1 aliphatic rings. The van der Waals surface area contributed by atoms with Gasteiger partial charge in [0.2, 0.25) is 5.91 Å². The quantitative estimate of drug-likeness (QED) is 0.692. The number of halogens is 4. The van der Waals surface area contributed by atoms with Crippen LogP contribution in [0, 0.1) is 11.7 Å². The van der Waals surface area contributed by atoms with Crippen molar-refractivity contribution < 1.29 is 22.4 Å². The molecule has 0 saturated heterocycles. The number of alkyl halides is 3. The Morgan fingerprint density at radius 2 is 1.93 bits per heavy atom. The summed E-state index contributed by atoms with van der Waals surface area (Å²) in [5, 5.41) is 2.68. The molecule has 1 heterocycles. The van der Waals surface area contributed by atoms with E-state index < -0.39 is 23.5 Å². The molecule has 1 saturated carbocycles. The van der Waals surface area contributed by atoms with Crippen molar-refractivity contribution in [3.63, 3.8) is 0 Å². The van der Waals surface area contributed by atoms with Gasteiger partial charge in [-0.3, -0.25) is 4.79 Å². The van der Waals surface area contributed by atoms with Crippen LogP contribution in [0.4, 0.5) is 23.4 Å². The van der Waals surface area contributed by atoms with Crippen LogP contribution < -0.4 is 5.32 Å². The lowest BCUT2D eigenvalue weighted by Gasteiger charge is -2.21. The van der Waals surface area contributed by atoms with E-state index in [0.717, 1.165) is 31.7 Å². The smallest absolute Gasteiger partial charge is 0.310 e. The van der Waals surface area contributed by atoms with E-state index >= 15 is 0 Å². The maximum absolute atomic E-state index is 14.0. The van der Waals surface area contributed by atoms with Crippen molar-refractivity contribution in [2.24, 2.45) is 5.92 Å². The second-order valence-corrected chi connectivity index (χ2v) is 6.88. The second-order valence-electron chi connectivity index (χ2n) is 6.88. The van der Waals surface area contributed by atoms with Crippen molar-refractivity contribution in [2.45, 2.75) is 44.2 Å². The summed E-state index contributed by atoms with van der Waals surface area (Å²) in [6.45, 7) is 0. The van der Waals surface area contributed by atoms with Crippen LogP contribution in [0.1, 0.15) is 49.1 Å². The molecular weight excluding hydrogens is 360 g/mol. The predicted molar refractivity (Wildman–Crippen MR) is 93.6 cm³/mol. The van der Waals surface area contributed by atoms with Crippen molar-refractivity contribution >= 4 is 11.7 Å². The van der Waals surface area contributed by atoms with Gasteiger partial charge < -0.3 is 5.32 Å². The fraction of sp³-hybridized carbons (Fsp3) is 0.400. The first-order valence-corrected chi connectivity index (χ1v) is 8.93. The van der Waals surface area contributed by atoms with Crippen LogP contribution in [-0.4, -0.2) is 10.9 Å². The molecular formula is C20H20F4N2O. The average Bonchev–Trinajstić information content (AvgIpc) is 3.12. The Morgan fingerprint density at radius 3 is 2.52 bits per heavy atom. The van der Waals surface area contributed by atoms with Gasteiger partial charge in [-0.15, -0.1) is 0 Å². The lowest BCUT2D eigenvalue weighted by Crippen LogP contribution is -2.24. The number of pyridine rings is 1. The molecule has 1 fully saturated rings. The van der Waals surface area contributed by atoms with Gasteiger partial charge in [0, 0.05) is 6.20 Å². The summed E-state index contributed by atoms with van der Waals surface area (Å²) in [5.41, 5.74) is -1.07. The summed E-state index contributed by atoms with van der Waals surface area (Å²) in [5.74, 6) is -1.82. The highest BCUT2D eigenvalue weighted by Crippen LogP contribution is 2.37. The Morgan fingerprint density at radius 1 is 1.19 bits per heavy atom. The highest BCUT2D eigenvalue weighted by atomic mass is 19.4. The monoisotopic (exact) mass is 380 g/mol. The van der Waals surface area contributed by atoms with Gasteiger partial charge in [-0.2, -0.15) is 13.2 Å². The second kappa shape index (κ2) is 8.06. The number of amides is 1. The highest BCUT2D eigenvalue weighted by Gasteiger charge is 2.35. The number of carbonyl (C=O) groups excluding carboxylic acids is 1. The molecule has 0 radical (unpaired) electrons. The third-order valence-electron chi connectivity index (χ3n) is 4.98. The van der Waals surface area contributed by atoms with Gasteiger partial charge >= 0.3 is 6.18 Å². The molecule has 1 unspecified atom stereocenters. The molecule has 1 aromatic carbocycles. The molecule has 0 aliphatic heterocycles. The van der Waals surface area contributed by atoms with Crippen LogP contribution in [0.15, 0.2) is 42.6 Å². The molecule has 1 amide bonds. The third kappa shape index (κ3) is 4.84. The molecule has 1 N–H and O–H groups in total. The number of rotatable bonds is 5. The number of nitrogens with one attached hydrogen (secondary N) is 1.